The Hall–Kier alpha value is -0.870. The van der Waals surface area contributed by atoms with Crippen LogP contribution in [0.1, 0.15) is 40.6 Å². The van der Waals surface area contributed by atoms with Crippen LogP contribution >= 0.6 is 11.3 Å². The van der Waals surface area contributed by atoms with Crippen LogP contribution in [0.3, 0.4) is 0 Å². The van der Waals surface area contributed by atoms with Gasteiger partial charge in [0.25, 0.3) is 5.91 Å². The Morgan fingerprint density at radius 2 is 2.35 bits per heavy atom. The molecule has 1 aromatic rings. The van der Waals surface area contributed by atoms with Crippen LogP contribution in [-0.2, 0) is 4.74 Å². The van der Waals surface area contributed by atoms with Crippen molar-refractivity contribution in [3.63, 3.8) is 0 Å². The zero-order valence-corrected chi connectivity index (χ0v) is 11.4. The van der Waals surface area contributed by atoms with Gasteiger partial charge in [-0.2, -0.15) is 0 Å². The fourth-order valence-electron chi connectivity index (χ4n) is 2.11. The molecule has 2 rings (SSSR count). The highest BCUT2D eigenvalue weighted by molar-refractivity contribution is 7.10. The predicted octanol–water partition coefficient (Wildman–Crippen LogP) is 2.66. The van der Waals surface area contributed by atoms with Gasteiger partial charge in [-0.15, -0.1) is 11.3 Å². The minimum absolute atomic E-state index is 0.0230. The molecule has 0 saturated carbocycles. The highest BCUT2D eigenvalue weighted by atomic mass is 32.1. The molecule has 0 radical (unpaired) electrons. The summed E-state index contributed by atoms with van der Waals surface area (Å²) in [6, 6.07) is 0.0876. The van der Waals surface area contributed by atoms with E-state index < -0.39 is 0 Å². The van der Waals surface area contributed by atoms with Crippen molar-refractivity contribution in [3.05, 3.63) is 21.4 Å². The zero-order chi connectivity index (χ0) is 12.4. The zero-order valence-electron chi connectivity index (χ0n) is 10.6. The van der Waals surface area contributed by atoms with Gasteiger partial charge in [0.15, 0.2) is 0 Å². The van der Waals surface area contributed by atoms with E-state index in [-0.39, 0.29) is 18.1 Å². The van der Waals surface area contributed by atoms with Gasteiger partial charge < -0.3 is 10.1 Å². The molecule has 17 heavy (non-hydrogen) atoms. The maximum atomic E-state index is 12.1. The van der Waals surface area contributed by atoms with Crippen LogP contribution in [0.25, 0.3) is 0 Å². The molecule has 94 valence electrons. The van der Waals surface area contributed by atoms with E-state index >= 15 is 0 Å². The van der Waals surface area contributed by atoms with E-state index in [2.05, 4.69) is 5.32 Å². The summed E-state index contributed by atoms with van der Waals surface area (Å²) < 4.78 is 5.57. The van der Waals surface area contributed by atoms with Crippen LogP contribution in [0.5, 0.6) is 0 Å². The van der Waals surface area contributed by atoms with Crippen LogP contribution < -0.4 is 5.32 Å². The Kier molecular flexibility index (Phi) is 3.84. The van der Waals surface area contributed by atoms with Gasteiger partial charge in [0.1, 0.15) is 0 Å². The Bertz CT molecular complexity index is 408. The van der Waals surface area contributed by atoms with Crippen molar-refractivity contribution in [2.75, 3.05) is 6.61 Å². The third-order valence-corrected chi connectivity index (χ3v) is 4.42. The van der Waals surface area contributed by atoms with E-state index in [1.54, 1.807) is 11.3 Å². The molecule has 0 spiro atoms. The fraction of sp³-hybridized carbons (Fsp3) is 0.615. The maximum Gasteiger partial charge on any atom is 0.252 e. The fourth-order valence-corrected chi connectivity index (χ4v) is 2.98. The third-order valence-electron chi connectivity index (χ3n) is 3.41. The minimum atomic E-state index is 0.0230. The van der Waals surface area contributed by atoms with E-state index in [0.29, 0.717) is 0 Å². The Morgan fingerprint density at radius 1 is 1.59 bits per heavy atom. The number of ether oxygens (including phenoxy) is 1. The number of carbonyl (C=O) groups is 1. The molecule has 1 aliphatic rings. The first-order valence-electron chi connectivity index (χ1n) is 6.06. The van der Waals surface area contributed by atoms with Crippen molar-refractivity contribution in [2.45, 2.75) is 45.8 Å². The molecule has 1 amide bonds. The topological polar surface area (TPSA) is 38.3 Å². The van der Waals surface area contributed by atoms with Gasteiger partial charge in [-0.25, -0.2) is 0 Å². The summed E-state index contributed by atoms with van der Waals surface area (Å²) in [6.45, 7) is 6.88. The Balaban J connectivity index is 1.99. The highest BCUT2D eigenvalue weighted by Gasteiger charge is 2.24. The van der Waals surface area contributed by atoms with E-state index in [0.717, 1.165) is 30.6 Å². The molecule has 1 N–H and O–H groups in total. The van der Waals surface area contributed by atoms with Crippen LogP contribution in [0.2, 0.25) is 0 Å². The molecule has 0 bridgehead atoms. The van der Waals surface area contributed by atoms with E-state index in [1.807, 2.05) is 26.2 Å². The number of hydrogen-bond donors (Lipinski definition) is 1. The monoisotopic (exact) mass is 253 g/mol. The van der Waals surface area contributed by atoms with Crippen LogP contribution in [-0.4, -0.2) is 24.7 Å². The second kappa shape index (κ2) is 5.19. The summed E-state index contributed by atoms with van der Waals surface area (Å²) in [5.41, 5.74) is 1.89. The molecule has 1 aromatic heterocycles. The molecule has 1 aliphatic heterocycles. The van der Waals surface area contributed by atoms with E-state index in [1.165, 1.54) is 4.88 Å². The van der Waals surface area contributed by atoms with Gasteiger partial charge >= 0.3 is 0 Å². The van der Waals surface area contributed by atoms with Gasteiger partial charge in [-0.3, -0.25) is 4.79 Å². The predicted molar refractivity (Wildman–Crippen MR) is 69.7 cm³/mol. The molecule has 2 heterocycles. The van der Waals surface area contributed by atoms with Gasteiger partial charge in [-0.05, 0) is 39.2 Å². The standard InChI is InChI=1S/C13H19NO2S/c1-8-10(3)17-7-11(8)13(15)14-9(2)12-5-4-6-16-12/h7,9,12H,4-6H2,1-3H3,(H,14,15)/t9-,12-/m0/s1. The first-order chi connectivity index (χ1) is 8.09. The molecule has 2 atom stereocenters. The lowest BCUT2D eigenvalue weighted by atomic mass is 10.1. The van der Waals surface area contributed by atoms with Gasteiger partial charge in [0.05, 0.1) is 17.7 Å². The number of aryl methyl sites for hydroxylation is 1. The quantitative estimate of drug-likeness (QED) is 0.899. The summed E-state index contributed by atoms with van der Waals surface area (Å²) in [7, 11) is 0. The lowest BCUT2D eigenvalue weighted by Crippen LogP contribution is -2.40. The van der Waals surface area contributed by atoms with E-state index in [4.69, 9.17) is 4.74 Å². The minimum Gasteiger partial charge on any atom is -0.376 e. The lowest BCUT2D eigenvalue weighted by Gasteiger charge is -2.19. The number of amides is 1. The van der Waals surface area contributed by atoms with Crippen LogP contribution in [0, 0.1) is 13.8 Å². The third kappa shape index (κ3) is 2.69. The van der Waals surface area contributed by atoms with Crippen LogP contribution in [0.4, 0.5) is 0 Å². The molecule has 1 saturated heterocycles. The highest BCUT2D eigenvalue weighted by Crippen LogP contribution is 2.21. The van der Waals surface area contributed by atoms with Gasteiger partial charge in [-0.1, -0.05) is 0 Å². The number of hydrogen-bond acceptors (Lipinski definition) is 3. The van der Waals surface area contributed by atoms with Gasteiger partial charge in [0, 0.05) is 16.9 Å². The van der Waals surface area contributed by atoms with Crippen molar-refractivity contribution in [1.29, 1.82) is 0 Å². The second-order valence-electron chi connectivity index (χ2n) is 4.64. The van der Waals surface area contributed by atoms with Gasteiger partial charge in [0.2, 0.25) is 0 Å². The van der Waals surface area contributed by atoms with Crippen molar-refractivity contribution >= 4 is 17.2 Å². The molecule has 0 unspecified atom stereocenters. The SMILES string of the molecule is Cc1scc(C(=O)N[C@@H](C)[C@@H]2CCCO2)c1C. The van der Waals surface area contributed by atoms with Crippen molar-refractivity contribution in [3.8, 4) is 0 Å². The number of thiophene rings is 1. The molecule has 0 aromatic carbocycles. The Morgan fingerprint density at radius 3 is 2.88 bits per heavy atom. The molecular formula is C13H19NO2S. The molecule has 3 nitrogen and oxygen atoms in total. The lowest BCUT2D eigenvalue weighted by molar-refractivity contribution is 0.0712. The second-order valence-corrected chi connectivity index (χ2v) is 5.73. The number of rotatable bonds is 3. The first-order valence-corrected chi connectivity index (χ1v) is 6.94. The van der Waals surface area contributed by atoms with Crippen molar-refractivity contribution < 1.29 is 9.53 Å². The summed E-state index contributed by atoms with van der Waals surface area (Å²) >= 11 is 1.63. The summed E-state index contributed by atoms with van der Waals surface area (Å²) in [5, 5.41) is 4.97. The maximum absolute atomic E-state index is 12.1. The largest absolute Gasteiger partial charge is 0.376 e. The van der Waals surface area contributed by atoms with Crippen molar-refractivity contribution in [2.24, 2.45) is 0 Å². The summed E-state index contributed by atoms with van der Waals surface area (Å²) in [6.07, 6.45) is 2.32. The first kappa shape index (κ1) is 12.6. The number of nitrogens with one attached hydrogen (secondary N) is 1. The molecule has 1 fully saturated rings. The molecule has 0 aliphatic carbocycles. The van der Waals surface area contributed by atoms with E-state index in [9.17, 15) is 4.79 Å². The average molecular weight is 253 g/mol. The van der Waals surface area contributed by atoms with Crippen molar-refractivity contribution in [1.82, 2.24) is 5.32 Å². The normalized spacial score (nSPS) is 21.5. The number of carbonyl (C=O) groups excluding carboxylic acids is 1. The Labute approximate surface area is 106 Å². The molecule has 4 heteroatoms. The summed E-state index contributed by atoms with van der Waals surface area (Å²) in [4.78, 5) is 13.3. The van der Waals surface area contributed by atoms with Crippen LogP contribution in [0.15, 0.2) is 5.38 Å². The average Bonchev–Trinajstić information content (AvgIpc) is 2.90. The molecular weight excluding hydrogens is 234 g/mol. The smallest absolute Gasteiger partial charge is 0.252 e. The summed E-state index contributed by atoms with van der Waals surface area (Å²) in [5.74, 6) is 0.0230.